The Morgan fingerprint density at radius 2 is 1.86 bits per heavy atom. The fourth-order valence-electron chi connectivity index (χ4n) is 3.24. The number of rotatable bonds is 8. The monoisotopic (exact) mass is 489 g/mol. The molecule has 0 fully saturated rings. The molecular formula is C23H26F3N7O2. The molecule has 0 radical (unpaired) electrons. The molecule has 0 aliphatic rings. The summed E-state index contributed by atoms with van der Waals surface area (Å²) in [5.74, 6) is -4.72. The number of benzene rings is 1. The summed E-state index contributed by atoms with van der Waals surface area (Å²) in [5, 5.41) is 23.8. The number of nitrogens with zero attached hydrogens (tertiary/aromatic N) is 5. The van der Waals surface area contributed by atoms with Gasteiger partial charge in [0.1, 0.15) is 11.3 Å². The zero-order valence-electron chi connectivity index (χ0n) is 19.6. The van der Waals surface area contributed by atoms with Gasteiger partial charge < -0.3 is 15.7 Å². The van der Waals surface area contributed by atoms with Crippen molar-refractivity contribution in [3.63, 3.8) is 0 Å². The first-order valence-electron chi connectivity index (χ1n) is 10.9. The first kappa shape index (κ1) is 25.7. The Balaban J connectivity index is 0.00000167. The largest absolute Gasteiger partial charge is 0.387 e. The molecule has 3 heterocycles. The molecule has 3 aromatic heterocycles. The Morgan fingerprint density at radius 3 is 2.46 bits per heavy atom. The predicted octanol–water partition coefficient (Wildman–Crippen LogP) is 3.60. The molecule has 0 spiro atoms. The number of hydrogen-bond acceptors (Lipinski definition) is 6. The third-order valence-electron chi connectivity index (χ3n) is 5.11. The number of fused-ring (bicyclic) bond motifs is 1. The van der Waals surface area contributed by atoms with Crippen LogP contribution in [0.1, 0.15) is 42.6 Å². The Hall–Kier alpha value is -3.93. The number of carbonyl (C=O) groups excluding carboxylic acids is 1. The van der Waals surface area contributed by atoms with E-state index in [1.807, 2.05) is 20.8 Å². The molecule has 12 heteroatoms. The Bertz CT molecular complexity index is 1280. The standard InChI is InChI=1S/C21H20F3N7O2.C2H6/c1-12-7-18(28-30(12)2)26-19-16-8-13(17(33)9-25-11-32)10-31(16)29-20(27-19)21(23,24)14-3-5-15(22)6-4-14;1-2/h3-8,10-11,17,33H,9H2,1-2H3,(H,25,32)(H,26,27,28,29);1-2H3. The third kappa shape index (κ3) is 5.43. The predicted molar refractivity (Wildman–Crippen MR) is 124 cm³/mol. The van der Waals surface area contributed by atoms with E-state index >= 15 is 8.78 Å². The number of aliphatic hydroxyl groups is 1. The molecule has 9 nitrogen and oxygen atoms in total. The lowest BCUT2D eigenvalue weighted by Gasteiger charge is -2.17. The minimum atomic E-state index is -3.64. The Morgan fingerprint density at radius 1 is 1.17 bits per heavy atom. The second kappa shape index (κ2) is 10.6. The van der Waals surface area contributed by atoms with E-state index in [-0.39, 0.29) is 12.4 Å². The highest BCUT2D eigenvalue weighted by molar-refractivity contribution is 5.73. The fraction of sp³-hybridized carbons (Fsp3) is 0.304. The molecule has 3 N–H and O–H groups in total. The molecule has 1 atom stereocenters. The van der Waals surface area contributed by atoms with Crippen LogP contribution in [0, 0.1) is 12.7 Å². The molecule has 35 heavy (non-hydrogen) atoms. The van der Waals surface area contributed by atoms with Crippen molar-refractivity contribution in [2.45, 2.75) is 32.8 Å². The van der Waals surface area contributed by atoms with Crippen molar-refractivity contribution >= 4 is 23.6 Å². The van der Waals surface area contributed by atoms with Crippen LogP contribution in [0.2, 0.25) is 0 Å². The van der Waals surface area contributed by atoms with Crippen LogP contribution in [-0.2, 0) is 17.8 Å². The molecule has 4 aromatic rings. The van der Waals surface area contributed by atoms with Gasteiger partial charge in [-0.05, 0) is 37.3 Å². The summed E-state index contributed by atoms with van der Waals surface area (Å²) in [6.07, 6.45) is 0.715. The maximum atomic E-state index is 15.3. The number of aryl methyl sites for hydroxylation is 2. The molecular weight excluding hydrogens is 463 g/mol. The molecule has 1 unspecified atom stereocenters. The summed E-state index contributed by atoms with van der Waals surface area (Å²) < 4.78 is 46.5. The number of anilines is 2. The van der Waals surface area contributed by atoms with Gasteiger partial charge in [0.2, 0.25) is 12.2 Å². The van der Waals surface area contributed by atoms with Crippen LogP contribution in [-0.4, -0.2) is 42.4 Å². The minimum Gasteiger partial charge on any atom is -0.387 e. The number of nitrogens with one attached hydrogen (secondary N) is 2. The van der Waals surface area contributed by atoms with Crippen molar-refractivity contribution in [2.24, 2.45) is 7.05 Å². The quantitative estimate of drug-likeness (QED) is 0.327. The van der Waals surface area contributed by atoms with Crippen LogP contribution in [0.4, 0.5) is 24.8 Å². The molecule has 0 saturated heterocycles. The van der Waals surface area contributed by atoms with E-state index in [9.17, 15) is 14.3 Å². The van der Waals surface area contributed by atoms with Gasteiger partial charge in [-0.2, -0.15) is 13.9 Å². The summed E-state index contributed by atoms with van der Waals surface area (Å²) in [7, 11) is 1.73. The van der Waals surface area contributed by atoms with Gasteiger partial charge in [0, 0.05) is 42.7 Å². The number of alkyl halides is 2. The maximum Gasteiger partial charge on any atom is 0.333 e. The summed E-state index contributed by atoms with van der Waals surface area (Å²) in [4.78, 5) is 14.6. The van der Waals surface area contributed by atoms with E-state index in [0.717, 1.165) is 34.5 Å². The Kier molecular flexibility index (Phi) is 7.75. The van der Waals surface area contributed by atoms with Crippen molar-refractivity contribution in [1.82, 2.24) is 29.7 Å². The summed E-state index contributed by atoms with van der Waals surface area (Å²) in [6.45, 7) is 5.75. The minimum absolute atomic E-state index is 0.0293. The van der Waals surface area contributed by atoms with Gasteiger partial charge in [0.05, 0.1) is 6.10 Å². The average molecular weight is 490 g/mol. The highest BCUT2D eigenvalue weighted by Gasteiger charge is 2.39. The molecule has 1 aromatic carbocycles. The van der Waals surface area contributed by atoms with Gasteiger partial charge in [0.25, 0.3) is 0 Å². The summed E-state index contributed by atoms with van der Waals surface area (Å²) in [6, 6.07) is 7.03. The van der Waals surface area contributed by atoms with Gasteiger partial charge in [-0.3, -0.25) is 9.48 Å². The van der Waals surface area contributed by atoms with Crippen molar-refractivity contribution < 1.29 is 23.1 Å². The van der Waals surface area contributed by atoms with E-state index in [1.54, 1.807) is 17.8 Å². The Labute approximate surface area is 199 Å². The topological polar surface area (TPSA) is 109 Å². The number of carbonyl (C=O) groups is 1. The second-order valence-electron chi connectivity index (χ2n) is 7.43. The normalized spacial score (nSPS) is 12.1. The number of aromatic nitrogens is 5. The summed E-state index contributed by atoms with van der Waals surface area (Å²) >= 11 is 0. The van der Waals surface area contributed by atoms with Gasteiger partial charge in [-0.1, -0.05) is 13.8 Å². The van der Waals surface area contributed by atoms with E-state index in [4.69, 9.17) is 0 Å². The molecule has 0 bridgehead atoms. The number of hydrogen-bond donors (Lipinski definition) is 3. The molecule has 0 saturated carbocycles. The van der Waals surface area contributed by atoms with Gasteiger partial charge >= 0.3 is 5.92 Å². The van der Waals surface area contributed by atoms with Crippen molar-refractivity contribution in [3.05, 3.63) is 71.1 Å². The van der Waals surface area contributed by atoms with Crippen molar-refractivity contribution in [2.75, 3.05) is 11.9 Å². The molecule has 186 valence electrons. The van der Waals surface area contributed by atoms with Gasteiger partial charge in [-0.25, -0.2) is 13.9 Å². The smallest absolute Gasteiger partial charge is 0.333 e. The summed E-state index contributed by atoms with van der Waals surface area (Å²) in [5.41, 5.74) is 0.981. The van der Waals surface area contributed by atoms with Crippen molar-refractivity contribution in [3.8, 4) is 0 Å². The number of amides is 1. The number of aliphatic hydroxyl groups excluding tert-OH is 1. The number of halogens is 3. The lowest BCUT2D eigenvalue weighted by Crippen LogP contribution is -2.21. The molecule has 1 amide bonds. The third-order valence-corrected chi connectivity index (χ3v) is 5.11. The van der Waals surface area contributed by atoms with Gasteiger partial charge in [-0.15, -0.1) is 5.10 Å². The van der Waals surface area contributed by atoms with Crippen LogP contribution in [0.3, 0.4) is 0 Å². The second-order valence-corrected chi connectivity index (χ2v) is 7.43. The molecule has 0 aliphatic heterocycles. The van der Waals surface area contributed by atoms with E-state index in [2.05, 4.69) is 25.8 Å². The lowest BCUT2D eigenvalue weighted by atomic mass is 10.1. The van der Waals surface area contributed by atoms with Crippen molar-refractivity contribution in [1.29, 1.82) is 0 Å². The lowest BCUT2D eigenvalue weighted by molar-refractivity contribution is -0.110. The van der Waals surface area contributed by atoms with Crippen LogP contribution >= 0.6 is 0 Å². The highest BCUT2D eigenvalue weighted by atomic mass is 19.3. The van der Waals surface area contributed by atoms with E-state index in [1.165, 1.54) is 12.3 Å². The highest BCUT2D eigenvalue weighted by Crippen LogP contribution is 2.35. The van der Waals surface area contributed by atoms with E-state index in [0.29, 0.717) is 23.3 Å². The van der Waals surface area contributed by atoms with Crippen LogP contribution in [0.5, 0.6) is 0 Å². The average Bonchev–Trinajstić information content (AvgIpc) is 3.42. The zero-order valence-corrected chi connectivity index (χ0v) is 19.6. The van der Waals surface area contributed by atoms with Crippen LogP contribution in [0.15, 0.2) is 42.6 Å². The molecule has 0 aliphatic carbocycles. The van der Waals surface area contributed by atoms with Gasteiger partial charge in [0.15, 0.2) is 11.6 Å². The SMILES string of the molecule is CC.Cc1cc(Nc2nc(C(F)(F)c3ccc(F)cc3)nn3cc(C(O)CNC=O)cc23)nn1C. The van der Waals surface area contributed by atoms with Crippen LogP contribution < -0.4 is 10.6 Å². The van der Waals surface area contributed by atoms with E-state index < -0.39 is 29.2 Å². The maximum absolute atomic E-state index is 15.3. The first-order chi connectivity index (χ1) is 16.7. The first-order valence-corrected chi connectivity index (χ1v) is 10.9. The fourth-order valence-corrected chi connectivity index (χ4v) is 3.24. The van der Waals surface area contributed by atoms with Crippen LogP contribution in [0.25, 0.3) is 5.52 Å². The molecule has 4 rings (SSSR count). The zero-order chi connectivity index (χ0) is 25.8.